The van der Waals surface area contributed by atoms with Crippen LogP contribution in [0.25, 0.3) is 0 Å². The summed E-state index contributed by atoms with van der Waals surface area (Å²) in [5.74, 6) is -1.20. The van der Waals surface area contributed by atoms with Crippen LogP contribution in [0, 0.1) is 0 Å². The highest BCUT2D eigenvalue weighted by atomic mass is 16.2. The molecule has 0 bridgehead atoms. The van der Waals surface area contributed by atoms with Crippen LogP contribution in [0.4, 0.5) is 0 Å². The molecule has 2 aromatic rings. The van der Waals surface area contributed by atoms with Crippen molar-refractivity contribution in [3.63, 3.8) is 0 Å². The lowest BCUT2D eigenvalue weighted by molar-refractivity contribution is 0.0847. The van der Waals surface area contributed by atoms with Crippen molar-refractivity contribution in [1.82, 2.24) is 10.6 Å². The molecule has 0 fully saturated rings. The van der Waals surface area contributed by atoms with Gasteiger partial charge in [0, 0.05) is 23.7 Å². The molecule has 5 heteroatoms. The van der Waals surface area contributed by atoms with E-state index in [-0.39, 0.29) is 5.91 Å². The standard InChI is InChI=1S/C16H14N2O3/c1-17-14(19)12-7-9-13(10-8-12)16(21)18-15(20)11-5-3-2-4-6-11/h2-10H,1H3,(H,17,19)(H,18,20,21). The lowest BCUT2D eigenvalue weighted by Gasteiger charge is -2.05. The normalized spacial score (nSPS) is 9.76. The van der Waals surface area contributed by atoms with Gasteiger partial charge >= 0.3 is 0 Å². The van der Waals surface area contributed by atoms with Crippen LogP contribution in [0.5, 0.6) is 0 Å². The largest absolute Gasteiger partial charge is 0.355 e. The first kappa shape index (κ1) is 14.5. The summed E-state index contributed by atoms with van der Waals surface area (Å²) in [5.41, 5.74) is 1.17. The van der Waals surface area contributed by atoms with Crippen molar-refractivity contribution in [3.05, 3.63) is 71.3 Å². The first-order chi connectivity index (χ1) is 10.1. The predicted octanol–water partition coefficient (Wildman–Crippen LogP) is 1.62. The van der Waals surface area contributed by atoms with E-state index in [9.17, 15) is 14.4 Å². The molecule has 0 aromatic heterocycles. The van der Waals surface area contributed by atoms with Gasteiger partial charge in [-0.1, -0.05) is 18.2 Å². The highest BCUT2D eigenvalue weighted by Gasteiger charge is 2.12. The molecule has 21 heavy (non-hydrogen) atoms. The smallest absolute Gasteiger partial charge is 0.258 e. The number of hydrogen-bond acceptors (Lipinski definition) is 3. The van der Waals surface area contributed by atoms with Crippen LogP contribution in [0.1, 0.15) is 31.1 Å². The number of imide groups is 1. The van der Waals surface area contributed by atoms with Gasteiger partial charge in [0.2, 0.25) is 0 Å². The van der Waals surface area contributed by atoms with Crippen LogP contribution in [-0.2, 0) is 0 Å². The van der Waals surface area contributed by atoms with E-state index < -0.39 is 11.8 Å². The minimum atomic E-state index is -0.507. The van der Waals surface area contributed by atoms with Gasteiger partial charge < -0.3 is 5.32 Å². The SMILES string of the molecule is CNC(=O)c1ccc(C(=O)NC(=O)c2ccccc2)cc1. The quantitative estimate of drug-likeness (QED) is 0.840. The monoisotopic (exact) mass is 282 g/mol. The summed E-state index contributed by atoms with van der Waals surface area (Å²) < 4.78 is 0. The van der Waals surface area contributed by atoms with E-state index in [0.717, 1.165) is 0 Å². The first-order valence-electron chi connectivity index (χ1n) is 6.34. The average molecular weight is 282 g/mol. The van der Waals surface area contributed by atoms with Crippen molar-refractivity contribution in [1.29, 1.82) is 0 Å². The van der Waals surface area contributed by atoms with Crippen LogP contribution >= 0.6 is 0 Å². The lowest BCUT2D eigenvalue weighted by atomic mass is 10.1. The number of benzene rings is 2. The van der Waals surface area contributed by atoms with E-state index in [4.69, 9.17) is 0 Å². The number of nitrogens with one attached hydrogen (secondary N) is 2. The van der Waals surface area contributed by atoms with Crippen LogP contribution < -0.4 is 10.6 Å². The maximum Gasteiger partial charge on any atom is 0.258 e. The zero-order chi connectivity index (χ0) is 15.2. The van der Waals surface area contributed by atoms with E-state index in [2.05, 4.69) is 10.6 Å². The topological polar surface area (TPSA) is 75.3 Å². The molecule has 0 aliphatic carbocycles. The van der Waals surface area contributed by atoms with E-state index in [1.807, 2.05) is 0 Å². The zero-order valence-corrected chi connectivity index (χ0v) is 11.4. The van der Waals surface area contributed by atoms with E-state index in [0.29, 0.717) is 16.7 Å². The highest BCUT2D eigenvalue weighted by molar-refractivity contribution is 6.10. The Morgan fingerprint density at radius 2 is 1.10 bits per heavy atom. The molecule has 2 aromatic carbocycles. The Kier molecular flexibility index (Phi) is 4.46. The number of carbonyl (C=O) groups is 3. The van der Waals surface area contributed by atoms with Crippen LogP contribution in [-0.4, -0.2) is 24.8 Å². The number of hydrogen-bond donors (Lipinski definition) is 2. The molecule has 2 rings (SSSR count). The molecule has 3 amide bonds. The van der Waals surface area contributed by atoms with E-state index in [1.165, 1.54) is 31.3 Å². The van der Waals surface area contributed by atoms with Crippen LogP contribution in [0.15, 0.2) is 54.6 Å². The Hall–Kier alpha value is -2.95. The summed E-state index contributed by atoms with van der Waals surface area (Å²) in [6.07, 6.45) is 0. The third kappa shape index (κ3) is 3.54. The van der Waals surface area contributed by atoms with Gasteiger partial charge in [0.1, 0.15) is 0 Å². The highest BCUT2D eigenvalue weighted by Crippen LogP contribution is 2.05. The molecule has 5 nitrogen and oxygen atoms in total. The van der Waals surface area contributed by atoms with Crippen LogP contribution in [0.3, 0.4) is 0 Å². The van der Waals surface area contributed by atoms with E-state index in [1.54, 1.807) is 30.3 Å². The Morgan fingerprint density at radius 3 is 1.57 bits per heavy atom. The maximum absolute atomic E-state index is 11.9. The molecule has 0 heterocycles. The molecule has 0 atom stereocenters. The predicted molar refractivity (Wildman–Crippen MR) is 78.1 cm³/mol. The minimum absolute atomic E-state index is 0.234. The second-order valence-corrected chi connectivity index (χ2v) is 4.31. The fourth-order valence-electron chi connectivity index (χ4n) is 1.75. The number of rotatable bonds is 3. The van der Waals surface area contributed by atoms with Crippen molar-refractivity contribution in [3.8, 4) is 0 Å². The molecule has 0 aliphatic heterocycles. The van der Waals surface area contributed by atoms with Crippen molar-refractivity contribution in [2.45, 2.75) is 0 Å². The summed E-state index contributed by atoms with van der Waals surface area (Å²) in [7, 11) is 1.53. The van der Waals surface area contributed by atoms with Gasteiger partial charge in [-0.05, 0) is 36.4 Å². The molecule has 0 saturated heterocycles. The molecule has 0 saturated carbocycles. The third-order valence-corrected chi connectivity index (χ3v) is 2.90. The molecule has 106 valence electrons. The van der Waals surface area contributed by atoms with Gasteiger partial charge in [-0.3, -0.25) is 19.7 Å². The molecule has 0 unspecified atom stereocenters. The van der Waals surface area contributed by atoms with Crippen molar-refractivity contribution in [2.24, 2.45) is 0 Å². The average Bonchev–Trinajstić information content (AvgIpc) is 2.55. The number of carbonyl (C=O) groups excluding carboxylic acids is 3. The molecule has 0 spiro atoms. The summed E-state index contributed by atoms with van der Waals surface area (Å²) in [4.78, 5) is 35.2. The Balaban J connectivity index is 2.07. The van der Waals surface area contributed by atoms with Gasteiger partial charge in [-0.25, -0.2) is 0 Å². The second kappa shape index (κ2) is 6.47. The lowest BCUT2D eigenvalue weighted by Crippen LogP contribution is -2.30. The first-order valence-corrected chi connectivity index (χ1v) is 6.34. The van der Waals surface area contributed by atoms with E-state index >= 15 is 0 Å². The molecule has 2 N–H and O–H groups in total. The van der Waals surface area contributed by atoms with Crippen molar-refractivity contribution >= 4 is 17.7 Å². The van der Waals surface area contributed by atoms with Crippen molar-refractivity contribution in [2.75, 3.05) is 7.05 Å². The Morgan fingerprint density at radius 1 is 0.667 bits per heavy atom. The third-order valence-electron chi connectivity index (χ3n) is 2.90. The summed E-state index contributed by atoms with van der Waals surface area (Å²) >= 11 is 0. The Bertz CT molecular complexity index is 664. The molecule has 0 aliphatic rings. The van der Waals surface area contributed by atoms with Crippen molar-refractivity contribution < 1.29 is 14.4 Å². The van der Waals surface area contributed by atoms with Gasteiger partial charge in [-0.2, -0.15) is 0 Å². The Labute approximate surface area is 122 Å². The summed E-state index contributed by atoms with van der Waals surface area (Å²) in [6, 6.07) is 14.5. The summed E-state index contributed by atoms with van der Waals surface area (Å²) in [6.45, 7) is 0. The molecular formula is C16H14N2O3. The minimum Gasteiger partial charge on any atom is -0.355 e. The fourth-order valence-corrected chi connectivity index (χ4v) is 1.75. The second-order valence-electron chi connectivity index (χ2n) is 4.31. The van der Waals surface area contributed by atoms with Crippen LogP contribution in [0.2, 0.25) is 0 Å². The fraction of sp³-hybridized carbons (Fsp3) is 0.0625. The zero-order valence-electron chi connectivity index (χ0n) is 11.4. The van der Waals surface area contributed by atoms with Gasteiger partial charge in [-0.15, -0.1) is 0 Å². The molecular weight excluding hydrogens is 268 g/mol. The molecule has 0 radical (unpaired) electrons. The maximum atomic E-state index is 11.9. The van der Waals surface area contributed by atoms with Gasteiger partial charge in [0.05, 0.1) is 0 Å². The number of amides is 3. The van der Waals surface area contributed by atoms with Gasteiger partial charge in [0.25, 0.3) is 17.7 Å². The summed E-state index contributed by atoms with van der Waals surface area (Å²) in [5, 5.41) is 4.79. The van der Waals surface area contributed by atoms with Gasteiger partial charge in [0.15, 0.2) is 0 Å².